The van der Waals surface area contributed by atoms with Crippen molar-refractivity contribution in [3.8, 4) is 0 Å². The number of quaternary nitrogens is 1. The fraction of sp³-hybridized carbons (Fsp3) is 0.364. The molecule has 2 heterocycles. The average Bonchev–Trinajstić information content (AvgIpc) is 3.13. The van der Waals surface area contributed by atoms with Crippen molar-refractivity contribution >= 4 is 23.1 Å². The SMILES string of the molecule is CC(=O)c1ccc(N2CC[NH+](CC(=O)N3CCc4ccccc43)CC2)cc1. The van der Waals surface area contributed by atoms with Crippen LogP contribution in [0.3, 0.4) is 0 Å². The summed E-state index contributed by atoms with van der Waals surface area (Å²) in [7, 11) is 0. The monoisotopic (exact) mass is 364 g/mol. The Kier molecular flexibility index (Phi) is 4.94. The Morgan fingerprint density at radius 2 is 1.67 bits per heavy atom. The van der Waals surface area contributed by atoms with Crippen LogP contribution in [0.4, 0.5) is 11.4 Å². The summed E-state index contributed by atoms with van der Waals surface area (Å²) in [6.07, 6.45) is 0.960. The summed E-state index contributed by atoms with van der Waals surface area (Å²) < 4.78 is 0. The number of ketones is 1. The number of amides is 1. The lowest BCUT2D eigenvalue weighted by Gasteiger charge is -2.34. The minimum atomic E-state index is 0.0952. The molecule has 0 spiro atoms. The molecule has 1 fully saturated rings. The second-order valence-corrected chi connectivity index (χ2v) is 7.44. The lowest BCUT2D eigenvalue weighted by Crippen LogP contribution is -3.16. The van der Waals surface area contributed by atoms with E-state index in [2.05, 4.69) is 17.0 Å². The van der Waals surface area contributed by atoms with Crippen molar-refractivity contribution in [3.05, 3.63) is 59.7 Å². The number of piperazine rings is 1. The van der Waals surface area contributed by atoms with Crippen LogP contribution < -0.4 is 14.7 Å². The summed E-state index contributed by atoms with van der Waals surface area (Å²) in [5, 5.41) is 0. The van der Waals surface area contributed by atoms with Crippen molar-refractivity contribution in [1.82, 2.24) is 0 Å². The normalized spacial score (nSPS) is 17.1. The fourth-order valence-electron chi connectivity index (χ4n) is 4.07. The molecule has 0 saturated carbocycles. The smallest absolute Gasteiger partial charge is 0.282 e. The van der Waals surface area contributed by atoms with Crippen molar-refractivity contribution in [2.24, 2.45) is 0 Å². The number of Topliss-reactive ketones (excluding diaryl/α,β-unsaturated/α-hetero) is 1. The Bertz CT molecular complexity index is 839. The molecular weight excluding hydrogens is 338 g/mol. The molecule has 0 unspecified atom stereocenters. The highest BCUT2D eigenvalue weighted by Gasteiger charge is 2.29. The van der Waals surface area contributed by atoms with Gasteiger partial charge in [-0.25, -0.2) is 0 Å². The summed E-state index contributed by atoms with van der Waals surface area (Å²) in [6.45, 7) is 6.72. The molecule has 0 aliphatic carbocycles. The zero-order chi connectivity index (χ0) is 18.8. The molecule has 140 valence electrons. The first-order valence-electron chi connectivity index (χ1n) is 9.69. The number of nitrogens with zero attached hydrogens (tertiary/aromatic N) is 2. The van der Waals surface area contributed by atoms with E-state index >= 15 is 0 Å². The van der Waals surface area contributed by atoms with Gasteiger partial charge in [0, 0.05) is 23.5 Å². The van der Waals surface area contributed by atoms with Gasteiger partial charge >= 0.3 is 0 Å². The summed E-state index contributed by atoms with van der Waals surface area (Å²) in [6, 6.07) is 16.1. The number of benzene rings is 2. The fourth-order valence-corrected chi connectivity index (χ4v) is 4.07. The summed E-state index contributed by atoms with van der Waals surface area (Å²) >= 11 is 0. The summed E-state index contributed by atoms with van der Waals surface area (Å²) in [5.41, 5.74) is 4.27. The number of anilines is 2. The molecule has 27 heavy (non-hydrogen) atoms. The molecule has 0 bridgehead atoms. The van der Waals surface area contributed by atoms with Crippen molar-refractivity contribution in [3.63, 3.8) is 0 Å². The van der Waals surface area contributed by atoms with E-state index in [1.54, 1.807) is 6.92 Å². The zero-order valence-corrected chi connectivity index (χ0v) is 15.8. The van der Waals surface area contributed by atoms with E-state index < -0.39 is 0 Å². The number of carbonyl (C=O) groups is 2. The van der Waals surface area contributed by atoms with Crippen LogP contribution in [0.1, 0.15) is 22.8 Å². The molecule has 2 aliphatic heterocycles. The molecule has 1 saturated heterocycles. The largest absolute Gasteiger partial charge is 0.360 e. The molecule has 5 heteroatoms. The number of rotatable bonds is 4. The minimum Gasteiger partial charge on any atom is -0.360 e. The van der Waals surface area contributed by atoms with Gasteiger partial charge in [-0.3, -0.25) is 9.59 Å². The number of para-hydroxylation sites is 1. The van der Waals surface area contributed by atoms with E-state index in [1.807, 2.05) is 41.3 Å². The first-order valence-corrected chi connectivity index (χ1v) is 9.69. The molecule has 0 atom stereocenters. The predicted molar refractivity (Wildman–Crippen MR) is 107 cm³/mol. The Morgan fingerprint density at radius 3 is 2.37 bits per heavy atom. The minimum absolute atomic E-state index is 0.0952. The van der Waals surface area contributed by atoms with Crippen LogP contribution in [0.2, 0.25) is 0 Å². The van der Waals surface area contributed by atoms with Gasteiger partial charge in [-0.05, 0) is 49.2 Å². The van der Waals surface area contributed by atoms with E-state index in [0.717, 1.165) is 56.1 Å². The average molecular weight is 364 g/mol. The van der Waals surface area contributed by atoms with Crippen LogP contribution in [0.5, 0.6) is 0 Å². The van der Waals surface area contributed by atoms with Crippen LogP contribution >= 0.6 is 0 Å². The summed E-state index contributed by atoms with van der Waals surface area (Å²) in [5.74, 6) is 0.326. The maximum Gasteiger partial charge on any atom is 0.282 e. The van der Waals surface area contributed by atoms with E-state index in [0.29, 0.717) is 6.54 Å². The van der Waals surface area contributed by atoms with Gasteiger partial charge in [0.05, 0.1) is 26.2 Å². The van der Waals surface area contributed by atoms with E-state index in [4.69, 9.17) is 0 Å². The van der Waals surface area contributed by atoms with Gasteiger partial charge in [0.15, 0.2) is 12.3 Å². The summed E-state index contributed by atoms with van der Waals surface area (Å²) in [4.78, 5) is 29.8. The number of carbonyl (C=O) groups excluding carboxylic acids is 2. The maximum absolute atomic E-state index is 12.8. The van der Waals surface area contributed by atoms with Crippen LogP contribution in [-0.4, -0.2) is 51.0 Å². The molecule has 4 rings (SSSR count). The van der Waals surface area contributed by atoms with Gasteiger partial charge in [0.25, 0.3) is 5.91 Å². The van der Waals surface area contributed by atoms with Crippen molar-refractivity contribution in [2.45, 2.75) is 13.3 Å². The van der Waals surface area contributed by atoms with Gasteiger partial charge in [-0.15, -0.1) is 0 Å². The van der Waals surface area contributed by atoms with Crippen LogP contribution in [-0.2, 0) is 11.2 Å². The zero-order valence-electron chi connectivity index (χ0n) is 15.8. The third-order valence-corrected chi connectivity index (χ3v) is 5.70. The van der Waals surface area contributed by atoms with Crippen LogP contribution in [0.25, 0.3) is 0 Å². The van der Waals surface area contributed by atoms with Crippen LogP contribution in [0, 0.1) is 0 Å². The first kappa shape index (κ1) is 17.7. The Balaban J connectivity index is 1.32. The third kappa shape index (κ3) is 3.74. The molecule has 2 aliphatic rings. The quantitative estimate of drug-likeness (QED) is 0.829. The highest BCUT2D eigenvalue weighted by atomic mass is 16.2. The molecule has 2 aromatic carbocycles. The van der Waals surface area contributed by atoms with Crippen molar-refractivity contribution in [2.75, 3.05) is 49.1 Å². The number of hydrogen-bond acceptors (Lipinski definition) is 3. The second-order valence-electron chi connectivity index (χ2n) is 7.44. The molecule has 1 N–H and O–H groups in total. The standard InChI is InChI=1S/C22H25N3O2/c1-17(26)18-6-8-20(9-7-18)24-14-12-23(13-15-24)16-22(27)25-11-10-19-4-2-3-5-21(19)25/h2-9H,10-16H2,1H3/p+1. The first-order chi connectivity index (χ1) is 13.1. The number of fused-ring (bicyclic) bond motifs is 1. The molecule has 2 aromatic rings. The lowest BCUT2D eigenvalue weighted by molar-refractivity contribution is -0.892. The van der Waals surface area contributed by atoms with E-state index in [-0.39, 0.29) is 11.7 Å². The Labute approximate surface area is 160 Å². The highest BCUT2D eigenvalue weighted by molar-refractivity contribution is 5.96. The van der Waals surface area contributed by atoms with Crippen LogP contribution in [0.15, 0.2) is 48.5 Å². The topological polar surface area (TPSA) is 45.1 Å². The Hall–Kier alpha value is -2.66. The third-order valence-electron chi connectivity index (χ3n) is 5.70. The van der Waals surface area contributed by atoms with Gasteiger partial charge in [0.1, 0.15) is 0 Å². The molecular formula is C22H26N3O2+. The lowest BCUT2D eigenvalue weighted by atomic mass is 10.1. The Morgan fingerprint density at radius 1 is 0.963 bits per heavy atom. The van der Waals surface area contributed by atoms with Gasteiger partial charge in [0.2, 0.25) is 0 Å². The van der Waals surface area contributed by atoms with E-state index in [9.17, 15) is 9.59 Å². The molecule has 1 amide bonds. The molecule has 0 aromatic heterocycles. The van der Waals surface area contributed by atoms with Gasteiger partial charge < -0.3 is 14.7 Å². The van der Waals surface area contributed by atoms with E-state index in [1.165, 1.54) is 10.5 Å². The second kappa shape index (κ2) is 7.53. The van der Waals surface area contributed by atoms with Crippen molar-refractivity contribution < 1.29 is 14.5 Å². The van der Waals surface area contributed by atoms with Crippen molar-refractivity contribution in [1.29, 1.82) is 0 Å². The number of nitrogens with one attached hydrogen (secondary N) is 1. The van der Waals surface area contributed by atoms with Gasteiger partial charge in [-0.1, -0.05) is 18.2 Å². The highest BCUT2D eigenvalue weighted by Crippen LogP contribution is 2.27. The number of hydrogen-bond donors (Lipinski definition) is 1. The molecule has 0 radical (unpaired) electrons. The van der Waals surface area contributed by atoms with Gasteiger partial charge in [-0.2, -0.15) is 0 Å². The predicted octanol–water partition coefficient (Wildman–Crippen LogP) is 1.18. The molecule has 5 nitrogen and oxygen atoms in total. The maximum atomic E-state index is 12.8.